The summed E-state index contributed by atoms with van der Waals surface area (Å²) in [5.41, 5.74) is 3.64. The Morgan fingerprint density at radius 3 is 2.72 bits per heavy atom. The van der Waals surface area contributed by atoms with Crippen molar-refractivity contribution < 1.29 is 4.79 Å². The van der Waals surface area contributed by atoms with Gasteiger partial charge in [0.15, 0.2) is 5.82 Å². The van der Waals surface area contributed by atoms with Crippen LogP contribution in [-0.2, 0) is 6.42 Å². The zero-order valence-corrected chi connectivity index (χ0v) is 20.7. The van der Waals surface area contributed by atoms with E-state index in [1.807, 2.05) is 42.6 Å². The number of benzene rings is 1. The normalized spacial score (nSPS) is 17.8. The second-order valence-electron chi connectivity index (χ2n) is 9.72. The molecule has 0 radical (unpaired) electrons. The van der Waals surface area contributed by atoms with Gasteiger partial charge < -0.3 is 0 Å². The molecule has 0 amide bonds. The van der Waals surface area contributed by atoms with E-state index in [1.54, 1.807) is 0 Å². The molecule has 9 nitrogen and oxygen atoms in total. The summed E-state index contributed by atoms with van der Waals surface area (Å²) in [4.78, 5) is 22.3. The Morgan fingerprint density at radius 1 is 1.06 bits per heavy atom. The van der Waals surface area contributed by atoms with Crippen LogP contribution in [0.25, 0.3) is 22.6 Å². The molecule has 3 heterocycles. The zero-order valence-electron chi connectivity index (χ0n) is 20.7. The van der Waals surface area contributed by atoms with Crippen molar-refractivity contribution in [1.29, 1.82) is 0 Å². The smallest absolute Gasteiger partial charge is 0.217 e. The van der Waals surface area contributed by atoms with Crippen LogP contribution in [0, 0.1) is 11.8 Å². The standard InChI is InChI=1S/C27H32N8O/c1-2-3-4-8-18-9-7-10-20(15-18)25(36)27-29-24(30-31-27)16-19-13-14-23(28-17-19)21-11-5-6-12-22(21)26-32-34-35-33-26/h5-6,11-14,17-18,20H,2-4,7-10,15-16H2,1H3,(H,29,30,31)(H,32,33,34,35). The van der Waals surface area contributed by atoms with Crippen molar-refractivity contribution in [2.75, 3.05) is 0 Å². The number of rotatable bonds is 10. The van der Waals surface area contributed by atoms with Gasteiger partial charge in [-0.1, -0.05) is 75.8 Å². The van der Waals surface area contributed by atoms with Crippen LogP contribution in [0.3, 0.4) is 0 Å². The number of hydrogen-bond acceptors (Lipinski definition) is 7. The number of aromatic amines is 2. The average Bonchev–Trinajstić information content (AvgIpc) is 3.62. The number of aromatic nitrogens is 8. The predicted octanol–water partition coefficient (Wildman–Crippen LogP) is 5.21. The third-order valence-electron chi connectivity index (χ3n) is 7.12. The van der Waals surface area contributed by atoms with Crippen molar-refractivity contribution in [1.82, 2.24) is 40.8 Å². The Labute approximate surface area is 210 Å². The molecule has 3 aromatic heterocycles. The molecule has 2 atom stereocenters. The molecule has 186 valence electrons. The Bertz CT molecular complexity index is 1270. The van der Waals surface area contributed by atoms with E-state index < -0.39 is 0 Å². The Morgan fingerprint density at radius 2 is 1.94 bits per heavy atom. The largest absolute Gasteiger partial charge is 0.290 e. The first kappa shape index (κ1) is 24.0. The van der Waals surface area contributed by atoms with Crippen molar-refractivity contribution in [3.63, 3.8) is 0 Å². The summed E-state index contributed by atoms with van der Waals surface area (Å²) >= 11 is 0. The second kappa shape index (κ2) is 11.3. The highest BCUT2D eigenvalue weighted by Gasteiger charge is 2.29. The van der Waals surface area contributed by atoms with E-state index in [0.29, 0.717) is 29.8 Å². The lowest BCUT2D eigenvalue weighted by Crippen LogP contribution is -2.24. The molecule has 0 aliphatic heterocycles. The maximum atomic E-state index is 13.1. The van der Waals surface area contributed by atoms with Crippen LogP contribution in [0.4, 0.5) is 0 Å². The van der Waals surface area contributed by atoms with E-state index in [1.165, 1.54) is 32.1 Å². The van der Waals surface area contributed by atoms with E-state index in [9.17, 15) is 4.79 Å². The number of Topliss-reactive ketones (excluding diaryl/α,β-unsaturated/α-hetero) is 1. The number of nitrogens with zero attached hydrogens (tertiary/aromatic N) is 6. The lowest BCUT2D eigenvalue weighted by atomic mass is 9.77. The van der Waals surface area contributed by atoms with Crippen molar-refractivity contribution in [3.05, 3.63) is 59.8 Å². The van der Waals surface area contributed by atoms with Gasteiger partial charge in [-0.25, -0.2) is 10.1 Å². The number of ketones is 1. The molecule has 36 heavy (non-hydrogen) atoms. The van der Waals surface area contributed by atoms with Gasteiger partial charge >= 0.3 is 0 Å². The minimum atomic E-state index is 0.0506. The van der Waals surface area contributed by atoms with Crippen LogP contribution in [-0.4, -0.2) is 46.6 Å². The van der Waals surface area contributed by atoms with Crippen LogP contribution < -0.4 is 0 Å². The fourth-order valence-corrected chi connectivity index (χ4v) is 5.21. The molecule has 2 unspecified atom stereocenters. The van der Waals surface area contributed by atoms with Gasteiger partial charge in [-0.3, -0.25) is 14.9 Å². The molecule has 1 aliphatic rings. The zero-order chi connectivity index (χ0) is 24.7. The first-order valence-electron chi connectivity index (χ1n) is 12.9. The van der Waals surface area contributed by atoms with Gasteiger partial charge in [0.25, 0.3) is 0 Å². The molecule has 1 aliphatic carbocycles. The van der Waals surface area contributed by atoms with E-state index in [0.717, 1.165) is 41.6 Å². The van der Waals surface area contributed by atoms with E-state index in [-0.39, 0.29) is 11.7 Å². The van der Waals surface area contributed by atoms with Gasteiger partial charge in [-0.05, 0) is 40.8 Å². The number of nitrogens with one attached hydrogen (secondary N) is 2. The van der Waals surface area contributed by atoms with E-state index in [4.69, 9.17) is 0 Å². The maximum Gasteiger partial charge on any atom is 0.217 e. The van der Waals surface area contributed by atoms with Crippen molar-refractivity contribution in [2.24, 2.45) is 11.8 Å². The molecule has 1 aromatic carbocycles. The fraction of sp³-hybridized carbons (Fsp3) is 0.444. The summed E-state index contributed by atoms with van der Waals surface area (Å²) in [6, 6.07) is 11.8. The third kappa shape index (κ3) is 5.56. The van der Waals surface area contributed by atoms with Crippen LogP contribution in [0.5, 0.6) is 0 Å². The predicted molar refractivity (Wildman–Crippen MR) is 136 cm³/mol. The summed E-state index contributed by atoms with van der Waals surface area (Å²) in [5.74, 6) is 2.40. The molecule has 5 rings (SSSR count). The number of hydrogen-bond donors (Lipinski definition) is 2. The molecule has 0 bridgehead atoms. The SMILES string of the molecule is CCCCCC1CCCC(C(=O)c2n[nH]c(Cc3ccc(-c4ccccc4-c4nnn[nH]4)nc3)n2)C1. The average molecular weight is 485 g/mol. The van der Waals surface area contributed by atoms with Gasteiger partial charge in [0.1, 0.15) is 5.82 Å². The highest BCUT2D eigenvalue weighted by Crippen LogP contribution is 2.34. The molecular formula is C27H32N8O. The lowest BCUT2D eigenvalue weighted by molar-refractivity contribution is 0.0848. The van der Waals surface area contributed by atoms with Crippen LogP contribution in [0.1, 0.15) is 80.3 Å². The molecule has 0 spiro atoms. The summed E-state index contributed by atoms with van der Waals surface area (Å²) < 4.78 is 0. The first-order chi connectivity index (χ1) is 17.7. The topological polar surface area (TPSA) is 126 Å². The Balaban J connectivity index is 1.23. The summed E-state index contributed by atoms with van der Waals surface area (Å²) in [7, 11) is 0. The third-order valence-corrected chi connectivity index (χ3v) is 7.12. The molecular weight excluding hydrogens is 452 g/mol. The van der Waals surface area contributed by atoms with Gasteiger partial charge in [-0.15, -0.1) is 5.10 Å². The number of tetrazole rings is 1. The quantitative estimate of drug-likeness (QED) is 0.234. The van der Waals surface area contributed by atoms with E-state index in [2.05, 4.69) is 47.7 Å². The number of carbonyl (C=O) groups is 1. The molecule has 9 heteroatoms. The number of pyridine rings is 1. The van der Waals surface area contributed by atoms with Gasteiger partial charge in [0, 0.05) is 29.7 Å². The minimum Gasteiger partial charge on any atom is -0.290 e. The lowest BCUT2D eigenvalue weighted by Gasteiger charge is -2.27. The maximum absolute atomic E-state index is 13.1. The van der Waals surface area contributed by atoms with Gasteiger partial charge in [0.2, 0.25) is 11.6 Å². The second-order valence-corrected chi connectivity index (χ2v) is 9.72. The Hall–Kier alpha value is -3.75. The summed E-state index contributed by atoms with van der Waals surface area (Å²) in [5, 5.41) is 21.4. The number of unbranched alkanes of at least 4 members (excludes halogenated alkanes) is 2. The fourth-order valence-electron chi connectivity index (χ4n) is 5.21. The highest BCUT2D eigenvalue weighted by atomic mass is 16.1. The Kier molecular flexibility index (Phi) is 7.54. The van der Waals surface area contributed by atoms with E-state index >= 15 is 0 Å². The first-order valence-corrected chi connectivity index (χ1v) is 12.9. The summed E-state index contributed by atoms with van der Waals surface area (Å²) in [6.45, 7) is 2.23. The molecule has 1 saturated carbocycles. The van der Waals surface area contributed by atoms with Gasteiger partial charge in [-0.2, -0.15) is 5.10 Å². The minimum absolute atomic E-state index is 0.0506. The molecule has 0 saturated heterocycles. The number of carbonyl (C=O) groups excluding carboxylic acids is 1. The van der Waals surface area contributed by atoms with Crippen LogP contribution in [0.2, 0.25) is 0 Å². The highest BCUT2D eigenvalue weighted by molar-refractivity contribution is 5.94. The van der Waals surface area contributed by atoms with Crippen molar-refractivity contribution in [3.8, 4) is 22.6 Å². The molecule has 1 fully saturated rings. The van der Waals surface area contributed by atoms with Crippen molar-refractivity contribution >= 4 is 5.78 Å². The van der Waals surface area contributed by atoms with Crippen LogP contribution in [0.15, 0.2) is 42.6 Å². The number of H-pyrrole nitrogens is 2. The monoisotopic (exact) mass is 484 g/mol. The molecule has 4 aromatic rings. The molecule has 2 N–H and O–H groups in total. The van der Waals surface area contributed by atoms with Gasteiger partial charge in [0.05, 0.1) is 5.69 Å². The van der Waals surface area contributed by atoms with Crippen molar-refractivity contribution in [2.45, 2.75) is 64.7 Å². The summed E-state index contributed by atoms with van der Waals surface area (Å²) in [6.07, 6.45) is 11.7. The van der Waals surface area contributed by atoms with Crippen LogP contribution >= 0.6 is 0 Å².